The van der Waals surface area contributed by atoms with Crippen molar-refractivity contribution in [3.05, 3.63) is 98.9 Å². The number of pyridine rings is 1. The van der Waals surface area contributed by atoms with Crippen LogP contribution in [0.5, 0.6) is 0 Å². The quantitative estimate of drug-likeness (QED) is 0.0622. The Bertz CT molecular complexity index is 3230. The highest BCUT2D eigenvalue weighted by molar-refractivity contribution is 7.93. The maximum atomic E-state index is 15.9. The lowest BCUT2D eigenvalue weighted by Crippen LogP contribution is -2.36. The summed E-state index contributed by atoms with van der Waals surface area (Å²) in [6.45, 7) is 0.412. The van der Waals surface area contributed by atoms with Crippen molar-refractivity contribution in [2.75, 3.05) is 11.9 Å². The number of alkyl halides is 7. The summed E-state index contributed by atoms with van der Waals surface area (Å²) in [5, 5.41) is 29.7. The zero-order valence-electron chi connectivity index (χ0n) is 37.4. The van der Waals surface area contributed by atoms with Crippen LogP contribution in [0.4, 0.5) is 51.3 Å². The Kier molecular flexibility index (Phi) is 12.9. The maximum absolute atomic E-state index is 15.9. The van der Waals surface area contributed by atoms with Crippen molar-refractivity contribution in [3.8, 4) is 23.0 Å². The average Bonchev–Trinajstić information content (AvgIpc) is 3.74. The molecule has 0 saturated heterocycles. The van der Waals surface area contributed by atoms with Gasteiger partial charge < -0.3 is 14.8 Å². The Morgan fingerprint density at radius 1 is 1.00 bits per heavy atom. The van der Waals surface area contributed by atoms with Gasteiger partial charge in [-0.3, -0.25) is 19.5 Å². The molecule has 2 aromatic carbocycles. The van der Waals surface area contributed by atoms with Crippen LogP contribution in [0.2, 0.25) is 5.02 Å². The van der Waals surface area contributed by atoms with E-state index in [2.05, 4.69) is 42.9 Å². The normalized spacial score (nSPS) is 17.9. The van der Waals surface area contributed by atoms with Crippen LogP contribution >= 0.6 is 11.6 Å². The molecule has 4 aromatic heterocycles. The number of carbonyl (C=O) groups is 1. The van der Waals surface area contributed by atoms with Gasteiger partial charge in [0.2, 0.25) is 11.8 Å². The zero-order chi connectivity index (χ0) is 50.9. The first-order valence-corrected chi connectivity index (χ1v) is 24.1. The van der Waals surface area contributed by atoms with Crippen LogP contribution < -0.4 is 10.6 Å². The number of hydrogen-bond donors (Lipinski definition) is 3. The van der Waals surface area contributed by atoms with E-state index in [0.29, 0.717) is 23.6 Å². The SMILES string of the molecule is CC(C)(C#Cc1ccc(-c2ccc(Cl)c3c(Nc4nnc(CCCO)o4)nn(CC(F)F)c23)c([C@H](Cc2cc(F)cc(F)c2)NC(=O)Cn2nc(C(F)(F)F)c3c2C(F)(F)[C@@H]2CC[C@H]32)n1)S(=O)(=O)C1CC1. The molecule has 4 heterocycles. The molecule has 9 rings (SSSR count). The number of fused-ring (bicyclic) bond motifs is 4. The first-order chi connectivity index (χ1) is 33.5. The molecule has 2 fully saturated rings. The van der Waals surface area contributed by atoms with Gasteiger partial charge in [-0.1, -0.05) is 28.7 Å². The Labute approximate surface area is 403 Å². The third-order valence-electron chi connectivity index (χ3n) is 12.8. The number of nitrogens with zero attached hydrogens (tertiary/aromatic N) is 7. The molecule has 25 heteroatoms. The first kappa shape index (κ1) is 49.8. The standard InChI is InChI=1S/C46H41ClF9N9O5S/c1-44(2,71(68,69)26-6-7-26)14-13-25-5-8-27(28-10-12-31(47)37-39(28)64(20-33(50)51)63-42(37)59-43-61-60-35(70-43)4-3-15-66)38(57-25)32(18-22-16-23(48)19-24(49)17-22)58-34(67)21-65-41-36(40(62-65)46(54,55)56)29-9-11-30(29)45(41,52)53/h5,8,10,12,16-17,19,26,29-30,32-33,66H,3-4,6-7,9,11,15,18,20-21H2,1-2H3,(H,58,67)(H,59,61,63)/t29-,30+,32-/m0/s1. The highest BCUT2D eigenvalue weighted by Gasteiger charge is 2.63. The summed E-state index contributed by atoms with van der Waals surface area (Å²) in [5.41, 5.74) is -3.74. The summed E-state index contributed by atoms with van der Waals surface area (Å²) < 4.78 is 165. The third-order valence-corrected chi connectivity index (χ3v) is 16.0. The van der Waals surface area contributed by atoms with Gasteiger partial charge in [-0.25, -0.2) is 31.0 Å². The number of aromatic nitrogens is 7. The molecule has 3 aliphatic rings. The Hall–Kier alpha value is -6.19. The van der Waals surface area contributed by atoms with Gasteiger partial charge in [-0.05, 0) is 100 Å². The number of halogens is 10. The number of nitrogens with one attached hydrogen (secondary N) is 2. The highest BCUT2D eigenvalue weighted by atomic mass is 35.5. The number of hydrogen-bond acceptors (Lipinski definition) is 11. The number of aliphatic hydroxyl groups is 1. The topological polar surface area (TPSA) is 183 Å². The first-order valence-electron chi connectivity index (χ1n) is 22.2. The van der Waals surface area contributed by atoms with Gasteiger partial charge in [0.05, 0.1) is 32.9 Å². The van der Waals surface area contributed by atoms with Gasteiger partial charge in [0.15, 0.2) is 21.3 Å². The number of aryl methyl sites for hydroxylation is 1. The average molecular weight is 1040 g/mol. The van der Waals surface area contributed by atoms with Crippen LogP contribution in [0.25, 0.3) is 22.0 Å². The van der Waals surface area contributed by atoms with Crippen LogP contribution in [-0.4, -0.2) is 77.2 Å². The van der Waals surface area contributed by atoms with E-state index in [4.69, 9.17) is 21.0 Å². The molecule has 71 heavy (non-hydrogen) atoms. The van der Waals surface area contributed by atoms with Crippen molar-refractivity contribution in [2.24, 2.45) is 5.92 Å². The molecule has 14 nitrogen and oxygen atoms in total. The van der Waals surface area contributed by atoms with E-state index < -0.39 is 110 Å². The molecule has 0 unspecified atom stereocenters. The molecule has 3 atom stereocenters. The smallest absolute Gasteiger partial charge is 0.408 e. The molecular formula is C46H41ClF9N9O5S. The van der Waals surface area contributed by atoms with Crippen molar-refractivity contribution in [3.63, 3.8) is 0 Å². The second kappa shape index (κ2) is 18.4. The second-order valence-corrected chi connectivity index (χ2v) is 21.3. The summed E-state index contributed by atoms with van der Waals surface area (Å²) in [4.78, 5) is 19.0. The molecule has 0 aliphatic heterocycles. The molecule has 376 valence electrons. The molecule has 6 aromatic rings. The van der Waals surface area contributed by atoms with Crippen LogP contribution in [0.1, 0.15) is 97.7 Å². The number of aliphatic hydroxyl groups excluding tert-OH is 1. The van der Waals surface area contributed by atoms with Gasteiger partial charge in [0, 0.05) is 41.7 Å². The predicted octanol–water partition coefficient (Wildman–Crippen LogP) is 8.97. The second-order valence-electron chi connectivity index (χ2n) is 18.1. The Balaban J connectivity index is 1.21. The van der Waals surface area contributed by atoms with Crippen LogP contribution in [-0.2, 0) is 52.7 Å². The van der Waals surface area contributed by atoms with Crippen LogP contribution in [0.3, 0.4) is 0 Å². The largest absolute Gasteiger partial charge is 0.435 e. The van der Waals surface area contributed by atoms with Gasteiger partial charge in [-0.15, -0.1) is 5.10 Å². The Morgan fingerprint density at radius 3 is 2.37 bits per heavy atom. The summed E-state index contributed by atoms with van der Waals surface area (Å²) in [7, 11) is -3.77. The number of benzene rings is 2. The predicted molar refractivity (Wildman–Crippen MR) is 237 cm³/mol. The van der Waals surface area contributed by atoms with E-state index in [1.165, 1.54) is 38.1 Å². The van der Waals surface area contributed by atoms with Crippen molar-refractivity contribution in [1.29, 1.82) is 0 Å². The maximum Gasteiger partial charge on any atom is 0.435 e. The summed E-state index contributed by atoms with van der Waals surface area (Å²) in [5.74, 6) is -4.16. The number of amides is 1. The van der Waals surface area contributed by atoms with Gasteiger partial charge in [0.25, 0.3) is 12.3 Å². The van der Waals surface area contributed by atoms with Crippen LogP contribution in [0, 0.1) is 29.4 Å². The molecule has 0 radical (unpaired) electrons. The lowest BCUT2D eigenvalue weighted by Gasteiger charge is -2.34. The minimum atomic E-state index is -5.16. The van der Waals surface area contributed by atoms with Crippen molar-refractivity contribution < 1.29 is 62.2 Å². The number of rotatable bonds is 16. The monoisotopic (exact) mass is 1040 g/mol. The number of sulfone groups is 1. The molecule has 2 saturated carbocycles. The van der Waals surface area contributed by atoms with E-state index in [9.17, 15) is 49.1 Å². The number of anilines is 2. The molecule has 0 bridgehead atoms. The lowest BCUT2D eigenvalue weighted by molar-refractivity contribution is -0.144. The third kappa shape index (κ3) is 9.55. The van der Waals surface area contributed by atoms with E-state index >= 15 is 8.78 Å². The minimum Gasteiger partial charge on any atom is -0.408 e. The van der Waals surface area contributed by atoms with Crippen molar-refractivity contribution in [2.45, 2.75) is 112 Å². The van der Waals surface area contributed by atoms with Crippen molar-refractivity contribution >= 4 is 50.1 Å². The van der Waals surface area contributed by atoms with Crippen molar-refractivity contribution in [1.82, 2.24) is 40.1 Å². The zero-order valence-corrected chi connectivity index (χ0v) is 39.0. The van der Waals surface area contributed by atoms with E-state index in [1.54, 1.807) is 0 Å². The highest BCUT2D eigenvalue weighted by Crippen LogP contribution is 2.64. The van der Waals surface area contributed by atoms with Crippen LogP contribution in [0.15, 0.2) is 46.9 Å². The summed E-state index contributed by atoms with van der Waals surface area (Å²) >= 11 is 6.76. The van der Waals surface area contributed by atoms with Gasteiger partial charge in [-0.2, -0.15) is 32.1 Å². The molecule has 0 spiro atoms. The van der Waals surface area contributed by atoms with Gasteiger partial charge in [0.1, 0.15) is 40.9 Å². The molecule has 3 aliphatic carbocycles. The van der Waals surface area contributed by atoms with E-state index in [0.717, 1.165) is 16.8 Å². The fourth-order valence-electron chi connectivity index (χ4n) is 9.22. The fraction of sp³-hybridized carbons (Fsp3) is 0.435. The molecular weight excluding hydrogens is 997 g/mol. The lowest BCUT2D eigenvalue weighted by atomic mass is 9.73. The fourth-order valence-corrected chi connectivity index (χ4v) is 11.2. The summed E-state index contributed by atoms with van der Waals surface area (Å²) in [6, 6.07) is 6.14. The summed E-state index contributed by atoms with van der Waals surface area (Å²) in [6.07, 6.45) is -7.35. The minimum absolute atomic E-state index is 0.0118. The molecule has 3 N–H and O–H groups in total. The Morgan fingerprint density at radius 2 is 1.72 bits per heavy atom. The van der Waals surface area contributed by atoms with Gasteiger partial charge >= 0.3 is 12.2 Å². The van der Waals surface area contributed by atoms with E-state index in [1.807, 2.05) is 0 Å². The van der Waals surface area contributed by atoms with E-state index in [-0.39, 0.29) is 94.0 Å². The number of carbonyl (C=O) groups excluding carboxylic acids is 1. The molecule has 1 amide bonds.